The third kappa shape index (κ3) is 3.57. The van der Waals surface area contributed by atoms with E-state index in [1.54, 1.807) is 0 Å². The topological polar surface area (TPSA) is 29.5 Å². The molecule has 0 aromatic heterocycles. The number of ether oxygens (including phenoxy) is 1. The number of hydrogen-bond donors (Lipinski definition) is 1. The van der Waals surface area contributed by atoms with Crippen molar-refractivity contribution in [2.24, 2.45) is 0 Å². The summed E-state index contributed by atoms with van der Waals surface area (Å²) in [7, 11) is 0. The van der Waals surface area contributed by atoms with Crippen LogP contribution in [0.2, 0.25) is 5.02 Å². The van der Waals surface area contributed by atoms with Crippen molar-refractivity contribution in [1.82, 2.24) is 0 Å². The van der Waals surface area contributed by atoms with Crippen LogP contribution in [0.25, 0.3) is 0 Å². The van der Waals surface area contributed by atoms with E-state index >= 15 is 0 Å². The molecule has 0 saturated heterocycles. The van der Waals surface area contributed by atoms with Gasteiger partial charge in [0.1, 0.15) is 5.75 Å². The summed E-state index contributed by atoms with van der Waals surface area (Å²) in [4.78, 5) is 0. The summed E-state index contributed by atoms with van der Waals surface area (Å²) in [5.74, 6) is -0.0230. The molecule has 0 fully saturated rings. The van der Waals surface area contributed by atoms with E-state index in [0.29, 0.717) is 5.92 Å². The zero-order valence-electron chi connectivity index (χ0n) is 8.31. The van der Waals surface area contributed by atoms with Gasteiger partial charge in [-0.15, -0.1) is 13.2 Å². The first-order valence-electron chi connectivity index (χ1n) is 4.32. The molecule has 0 heterocycles. The minimum Gasteiger partial charge on any atom is -0.405 e. The predicted octanol–water partition coefficient (Wildman–Crippen LogP) is 3.17. The number of benzene rings is 1. The highest BCUT2D eigenvalue weighted by molar-refractivity contribution is 6.30. The molecule has 0 aliphatic rings. The van der Waals surface area contributed by atoms with Crippen molar-refractivity contribution >= 4 is 11.6 Å². The molecule has 0 atom stereocenters. The van der Waals surface area contributed by atoms with Crippen molar-refractivity contribution in [2.45, 2.75) is 13.3 Å². The molecule has 89 valence electrons. The lowest BCUT2D eigenvalue weighted by molar-refractivity contribution is -0.274. The van der Waals surface area contributed by atoms with Crippen molar-refractivity contribution in [3.05, 3.63) is 34.7 Å². The molecule has 0 unspecified atom stereocenters. The van der Waals surface area contributed by atoms with Crippen LogP contribution < -0.4 is 4.74 Å². The van der Waals surface area contributed by atoms with E-state index < -0.39 is 6.36 Å². The fourth-order valence-corrected chi connectivity index (χ4v) is 1.31. The van der Waals surface area contributed by atoms with E-state index in [1.165, 1.54) is 19.1 Å². The molecule has 0 amide bonds. The Hall–Kier alpha value is -0.940. The first-order valence-corrected chi connectivity index (χ1v) is 4.70. The van der Waals surface area contributed by atoms with Crippen LogP contribution in [0.4, 0.5) is 13.2 Å². The minimum atomic E-state index is -4.77. The van der Waals surface area contributed by atoms with Crippen molar-refractivity contribution < 1.29 is 23.0 Å². The quantitative estimate of drug-likeness (QED) is 0.897. The Labute approximate surface area is 95.6 Å². The van der Waals surface area contributed by atoms with E-state index in [1.807, 2.05) is 0 Å². The second-order valence-electron chi connectivity index (χ2n) is 3.13. The number of aliphatic hydroxyl groups excluding tert-OH is 1. The largest absolute Gasteiger partial charge is 0.573 e. The van der Waals surface area contributed by atoms with Crippen LogP contribution in [0, 0.1) is 5.92 Å². The maximum absolute atomic E-state index is 12.1. The Bertz CT molecular complexity index is 366. The standard InChI is InChI=1S/C10H9ClF3O2/c1-6(5-15)8-4-7(11)2-3-9(8)16-10(12,13)14/h2-4,15H,5H2,1H3. The van der Waals surface area contributed by atoms with Crippen LogP contribution in [0.1, 0.15) is 12.5 Å². The van der Waals surface area contributed by atoms with Gasteiger partial charge in [0.25, 0.3) is 0 Å². The Morgan fingerprint density at radius 1 is 1.44 bits per heavy atom. The van der Waals surface area contributed by atoms with Gasteiger partial charge in [-0.1, -0.05) is 18.5 Å². The van der Waals surface area contributed by atoms with E-state index in [4.69, 9.17) is 16.7 Å². The highest BCUT2D eigenvalue weighted by Crippen LogP contribution is 2.32. The summed E-state index contributed by atoms with van der Waals surface area (Å²) in [5, 5.41) is 9.16. The maximum Gasteiger partial charge on any atom is 0.573 e. The maximum atomic E-state index is 12.1. The summed E-state index contributed by atoms with van der Waals surface area (Å²) in [5.41, 5.74) is 0.146. The molecule has 1 aromatic rings. The molecule has 0 aliphatic carbocycles. The van der Waals surface area contributed by atoms with Gasteiger partial charge in [-0.2, -0.15) is 0 Å². The van der Waals surface area contributed by atoms with Gasteiger partial charge in [0, 0.05) is 16.5 Å². The molecular weight excluding hydrogens is 245 g/mol. The van der Waals surface area contributed by atoms with Gasteiger partial charge in [-0.05, 0) is 18.2 Å². The molecule has 0 aliphatic heterocycles. The Kier molecular flexibility index (Phi) is 4.04. The lowest BCUT2D eigenvalue weighted by Gasteiger charge is -2.16. The third-order valence-electron chi connectivity index (χ3n) is 1.86. The highest BCUT2D eigenvalue weighted by Gasteiger charge is 2.32. The summed E-state index contributed by atoms with van der Waals surface area (Å²) in [6.07, 6.45) is -4.77. The summed E-state index contributed by atoms with van der Waals surface area (Å²) in [6, 6.07) is 3.72. The Balaban J connectivity index is 3.07. The first kappa shape index (κ1) is 13.1. The average Bonchev–Trinajstić information content (AvgIpc) is 2.17. The molecule has 1 N–H and O–H groups in total. The first-order chi connectivity index (χ1) is 7.33. The van der Waals surface area contributed by atoms with Gasteiger partial charge >= 0.3 is 6.36 Å². The zero-order valence-corrected chi connectivity index (χ0v) is 9.06. The lowest BCUT2D eigenvalue weighted by atomic mass is 10.0. The summed E-state index contributed by atoms with van der Waals surface area (Å²) in [6.45, 7) is 1.13. The predicted molar refractivity (Wildman–Crippen MR) is 53.2 cm³/mol. The number of aliphatic hydroxyl groups is 1. The van der Waals surface area contributed by atoms with E-state index in [2.05, 4.69) is 4.74 Å². The second kappa shape index (κ2) is 4.93. The molecule has 0 bridgehead atoms. The van der Waals surface area contributed by atoms with Crippen molar-refractivity contribution in [3.63, 3.8) is 0 Å². The van der Waals surface area contributed by atoms with Crippen molar-refractivity contribution in [1.29, 1.82) is 0 Å². The van der Waals surface area contributed by atoms with Crippen LogP contribution in [-0.2, 0) is 0 Å². The van der Waals surface area contributed by atoms with Crippen LogP contribution in [0.15, 0.2) is 18.2 Å². The number of hydrogen-bond acceptors (Lipinski definition) is 2. The molecule has 0 spiro atoms. The van der Waals surface area contributed by atoms with E-state index in [9.17, 15) is 13.2 Å². The zero-order chi connectivity index (χ0) is 12.3. The number of alkyl halides is 3. The van der Waals surface area contributed by atoms with Crippen molar-refractivity contribution in [2.75, 3.05) is 6.61 Å². The fourth-order valence-electron chi connectivity index (χ4n) is 1.13. The van der Waals surface area contributed by atoms with E-state index in [0.717, 1.165) is 6.07 Å². The Morgan fingerprint density at radius 2 is 2.06 bits per heavy atom. The molecule has 2 nitrogen and oxygen atoms in total. The monoisotopic (exact) mass is 253 g/mol. The molecule has 16 heavy (non-hydrogen) atoms. The average molecular weight is 254 g/mol. The Morgan fingerprint density at radius 3 is 2.56 bits per heavy atom. The molecular formula is C10H9ClF3O2. The summed E-state index contributed by atoms with van der Waals surface area (Å²) < 4.78 is 40.0. The van der Waals surface area contributed by atoms with Gasteiger partial charge in [0.2, 0.25) is 0 Å². The van der Waals surface area contributed by atoms with Crippen LogP contribution >= 0.6 is 11.6 Å². The second-order valence-corrected chi connectivity index (χ2v) is 3.56. The summed E-state index contributed by atoms with van der Waals surface area (Å²) >= 11 is 5.66. The lowest BCUT2D eigenvalue weighted by Crippen LogP contribution is -2.19. The van der Waals surface area contributed by atoms with Crippen LogP contribution in [0.3, 0.4) is 0 Å². The SMILES string of the molecule is C[C](CO)c1cc(Cl)ccc1OC(F)(F)F. The van der Waals surface area contributed by atoms with Crippen LogP contribution in [0.5, 0.6) is 5.75 Å². The van der Waals surface area contributed by atoms with Crippen molar-refractivity contribution in [3.8, 4) is 5.75 Å². The van der Waals surface area contributed by atoms with E-state index in [-0.39, 0.29) is 22.9 Å². The molecule has 1 rings (SSSR count). The fraction of sp³-hybridized carbons (Fsp3) is 0.300. The molecule has 0 saturated carbocycles. The third-order valence-corrected chi connectivity index (χ3v) is 2.10. The number of rotatable bonds is 3. The normalized spacial score (nSPS) is 11.9. The molecule has 1 aromatic carbocycles. The van der Waals surface area contributed by atoms with Gasteiger partial charge in [0.05, 0.1) is 6.61 Å². The van der Waals surface area contributed by atoms with Gasteiger partial charge in [-0.3, -0.25) is 0 Å². The smallest absolute Gasteiger partial charge is 0.405 e. The van der Waals surface area contributed by atoms with Gasteiger partial charge in [-0.25, -0.2) is 0 Å². The molecule has 6 heteroatoms. The number of halogens is 4. The van der Waals surface area contributed by atoms with Gasteiger partial charge in [0.15, 0.2) is 0 Å². The molecule has 1 radical (unpaired) electrons. The van der Waals surface area contributed by atoms with Gasteiger partial charge < -0.3 is 9.84 Å². The minimum absolute atomic E-state index is 0.146. The van der Waals surface area contributed by atoms with Crippen LogP contribution in [-0.4, -0.2) is 18.1 Å². The highest BCUT2D eigenvalue weighted by atomic mass is 35.5.